The van der Waals surface area contributed by atoms with Crippen molar-refractivity contribution >= 4 is 17.6 Å². The van der Waals surface area contributed by atoms with E-state index in [-0.39, 0.29) is 17.9 Å². The lowest BCUT2D eigenvalue weighted by Crippen LogP contribution is -2.16. The van der Waals surface area contributed by atoms with Crippen molar-refractivity contribution in [3.05, 3.63) is 95.3 Å². The molecule has 7 heteroatoms. The van der Waals surface area contributed by atoms with Gasteiger partial charge in [-0.1, -0.05) is 30.3 Å². The van der Waals surface area contributed by atoms with Gasteiger partial charge in [0.1, 0.15) is 18.1 Å². The van der Waals surface area contributed by atoms with E-state index in [4.69, 9.17) is 13.6 Å². The molecule has 1 amide bonds. The second-order valence-electron chi connectivity index (χ2n) is 6.89. The molecule has 0 spiro atoms. The van der Waals surface area contributed by atoms with E-state index in [2.05, 4.69) is 10.3 Å². The van der Waals surface area contributed by atoms with E-state index in [9.17, 15) is 9.59 Å². The topological polar surface area (TPSA) is 94.6 Å². The Bertz CT molecular complexity index is 1210. The summed E-state index contributed by atoms with van der Waals surface area (Å²) in [5.41, 5.74) is 2.70. The van der Waals surface area contributed by atoms with Crippen molar-refractivity contribution < 1.29 is 23.2 Å². The number of nitrogens with one attached hydrogen (secondary N) is 1. The fourth-order valence-electron chi connectivity index (χ4n) is 3.06. The van der Waals surface area contributed by atoms with Crippen LogP contribution in [0.1, 0.15) is 37.9 Å². The van der Waals surface area contributed by atoms with E-state index in [1.165, 1.54) is 6.26 Å². The first kappa shape index (κ1) is 20.2. The number of aromatic nitrogens is 1. The summed E-state index contributed by atoms with van der Waals surface area (Å²) in [5.74, 6) is 0.151. The number of hydrogen-bond donors (Lipinski definition) is 1. The molecule has 0 bridgehead atoms. The van der Waals surface area contributed by atoms with Crippen molar-refractivity contribution in [2.75, 3.05) is 5.32 Å². The van der Waals surface area contributed by atoms with Gasteiger partial charge in [0.05, 0.1) is 17.5 Å². The van der Waals surface area contributed by atoms with Gasteiger partial charge >= 0.3 is 5.97 Å². The largest absolute Gasteiger partial charge is 0.459 e. The maximum absolute atomic E-state index is 12.8. The second-order valence-corrected chi connectivity index (χ2v) is 6.89. The zero-order valence-electron chi connectivity index (χ0n) is 17.0. The molecule has 0 aliphatic carbocycles. The van der Waals surface area contributed by atoms with E-state index in [1.54, 1.807) is 44.2 Å². The molecule has 2 aromatic heterocycles. The summed E-state index contributed by atoms with van der Waals surface area (Å²) in [6, 6.07) is 17.8. The smallest absolute Gasteiger partial charge is 0.340 e. The minimum absolute atomic E-state index is 0.0550. The SMILES string of the molecule is Cc1cccc(C(=O)OCc2nc(-c3ccccc3)oc2C)c1NC(=O)c1ccco1. The first-order valence-corrected chi connectivity index (χ1v) is 9.66. The number of ether oxygens (including phenoxy) is 1. The van der Waals surface area contributed by atoms with Crippen LogP contribution in [0, 0.1) is 13.8 Å². The lowest BCUT2D eigenvalue weighted by molar-refractivity contribution is 0.0468. The monoisotopic (exact) mass is 416 g/mol. The molecular weight excluding hydrogens is 396 g/mol. The number of furan rings is 1. The third kappa shape index (κ3) is 4.40. The number of aryl methyl sites for hydroxylation is 2. The van der Waals surface area contributed by atoms with Crippen LogP contribution in [-0.2, 0) is 11.3 Å². The summed E-state index contributed by atoms with van der Waals surface area (Å²) in [5, 5.41) is 2.73. The van der Waals surface area contributed by atoms with E-state index in [1.807, 2.05) is 30.3 Å². The molecule has 0 atom stereocenters. The van der Waals surface area contributed by atoms with Gasteiger partial charge in [0.25, 0.3) is 5.91 Å². The number of benzene rings is 2. The van der Waals surface area contributed by atoms with Crippen LogP contribution in [0.3, 0.4) is 0 Å². The maximum Gasteiger partial charge on any atom is 0.340 e. The number of anilines is 1. The Morgan fingerprint density at radius 1 is 1.00 bits per heavy atom. The average Bonchev–Trinajstić information content (AvgIpc) is 3.44. The summed E-state index contributed by atoms with van der Waals surface area (Å²) in [6.07, 6.45) is 1.41. The van der Waals surface area contributed by atoms with Gasteiger partial charge in [-0.3, -0.25) is 4.79 Å². The lowest BCUT2D eigenvalue weighted by atomic mass is 10.1. The van der Waals surface area contributed by atoms with Crippen molar-refractivity contribution in [1.29, 1.82) is 0 Å². The van der Waals surface area contributed by atoms with Crippen LogP contribution >= 0.6 is 0 Å². The van der Waals surface area contributed by atoms with Crippen LogP contribution in [0.5, 0.6) is 0 Å². The molecule has 2 aromatic carbocycles. The van der Waals surface area contributed by atoms with E-state index >= 15 is 0 Å². The molecule has 156 valence electrons. The van der Waals surface area contributed by atoms with Crippen LogP contribution < -0.4 is 5.32 Å². The van der Waals surface area contributed by atoms with Crippen molar-refractivity contribution in [1.82, 2.24) is 4.98 Å². The number of rotatable bonds is 6. The molecule has 4 aromatic rings. The highest BCUT2D eigenvalue weighted by atomic mass is 16.5. The Hall–Kier alpha value is -4.13. The molecule has 0 aliphatic rings. The molecule has 0 saturated carbocycles. The molecule has 0 radical (unpaired) electrons. The molecule has 0 saturated heterocycles. The predicted molar refractivity (Wildman–Crippen MR) is 114 cm³/mol. The van der Waals surface area contributed by atoms with Crippen molar-refractivity contribution in [3.63, 3.8) is 0 Å². The highest BCUT2D eigenvalue weighted by Gasteiger charge is 2.20. The average molecular weight is 416 g/mol. The number of hydrogen-bond acceptors (Lipinski definition) is 6. The van der Waals surface area contributed by atoms with Gasteiger partial charge in [0.2, 0.25) is 5.89 Å². The van der Waals surface area contributed by atoms with Gasteiger partial charge < -0.3 is 18.9 Å². The summed E-state index contributed by atoms with van der Waals surface area (Å²) in [6.45, 7) is 3.51. The first-order valence-electron chi connectivity index (χ1n) is 9.66. The minimum atomic E-state index is -0.581. The molecule has 0 fully saturated rings. The summed E-state index contributed by atoms with van der Waals surface area (Å²) in [4.78, 5) is 29.6. The third-order valence-corrected chi connectivity index (χ3v) is 4.73. The predicted octanol–water partition coefficient (Wildman–Crippen LogP) is 5.16. The highest BCUT2D eigenvalue weighted by Crippen LogP contribution is 2.25. The van der Waals surface area contributed by atoms with Crippen LogP contribution in [0.4, 0.5) is 5.69 Å². The number of carbonyl (C=O) groups excluding carboxylic acids is 2. The molecule has 7 nitrogen and oxygen atoms in total. The Kier molecular flexibility index (Phi) is 5.66. The summed E-state index contributed by atoms with van der Waals surface area (Å²) < 4.78 is 16.3. The molecule has 1 N–H and O–H groups in total. The van der Waals surface area contributed by atoms with Crippen LogP contribution in [0.2, 0.25) is 0 Å². The van der Waals surface area contributed by atoms with Gasteiger partial charge in [-0.15, -0.1) is 0 Å². The quantitative estimate of drug-likeness (QED) is 0.436. The van der Waals surface area contributed by atoms with Gasteiger partial charge in [-0.05, 0) is 49.7 Å². The normalized spacial score (nSPS) is 10.6. The number of oxazole rings is 1. The maximum atomic E-state index is 12.8. The third-order valence-electron chi connectivity index (χ3n) is 4.73. The van der Waals surface area contributed by atoms with Crippen molar-refractivity contribution in [2.45, 2.75) is 20.5 Å². The summed E-state index contributed by atoms with van der Waals surface area (Å²) in [7, 11) is 0. The van der Waals surface area contributed by atoms with Gasteiger partial charge in [-0.2, -0.15) is 0 Å². The fourth-order valence-corrected chi connectivity index (χ4v) is 3.06. The van der Waals surface area contributed by atoms with E-state index < -0.39 is 11.9 Å². The molecule has 0 aliphatic heterocycles. The van der Waals surface area contributed by atoms with Gasteiger partial charge in [-0.25, -0.2) is 9.78 Å². The minimum Gasteiger partial charge on any atom is -0.459 e. The van der Waals surface area contributed by atoms with Crippen LogP contribution in [0.15, 0.2) is 75.8 Å². The number of carbonyl (C=O) groups is 2. The first-order chi connectivity index (χ1) is 15.0. The molecule has 0 unspecified atom stereocenters. The van der Waals surface area contributed by atoms with Gasteiger partial charge in [0, 0.05) is 5.56 Å². The Balaban J connectivity index is 1.50. The Morgan fingerprint density at radius 3 is 2.55 bits per heavy atom. The number of amides is 1. The lowest BCUT2D eigenvalue weighted by Gasteiger charge is -2.12. The van der Waals surface area contributed by atoms with Crippen molar-refractivity contribution in [3.8, 4) is 11.5 Å². The van der Waals surface area contributed by atoms with E-state index in [0.29, 0.717) is 23.0 Å². The number of para-hydroxylation sites is 1. The van der Waals surface area contributed by atoms with Crippen LogP contribution in [0.25, 0.3) is 11.5 Å². The Morgan fingerprint density at radius 2 is 1.81 bits per heavy atom. The number of esters is 1. The van der Waals surface area contributed by atoms with Crippen LogP contribution in [-0.4, -0.2) is 16.9 Å². The Labute approximate surface area is 178 Å². The molecular formula is C24H20N2O5. The molecule has 4 rings (SSSR count). The zero-order chi connectivity index (χ0) is 21.8. The van der Waals surface area contributed by atoms with E-state index in [0.717, 1.165) is 11.1 Å². The highest BCUT2D eigenvalue weighted by molar-refractivity contribution is 6.07. The molecule has 2 heterocycles. The van der Waals surface area contributed by atoms with Crippen molar-refractivity contribution in [2.24, 2.45) is 0 Å². The summed E-state index contributed by atoms with van der Waals surface area (Å²) >= 11 is 0. The zero-order valence-corrected chi connectivity index (χ0v) is 17.0. The van der Waals surface area contributed by atoms with Gasteiger partial charge in [0.15, 0.2) is 5.76 Å². The second kappa shape index (κ2) is 8.71. The number of nitrogens with zero attached hydrogens (tertiary/aromatic N) is 1. The fraction of sp³-hybridized carbons (Fsp3) is 0.125. The standard InChI is InChI=1S/C24H20N2O5/c1-15-8-6-11-18(21(15)26-22(27)20-12-7-13-29-20)24(28)30-14-19-16(2)31-23(25-19)17-9-4-3-5-10-17/h3-13H,14H2,1-2H3,(H,26,27). The molecule has 31 heavy (non-hydrogen) atoms.